The standard InChI is InChI=1S/C14H19N3O2/c1-10-4-2-3-5-12(10)14(18)17(11-6-7-11)9-8-13(15)16-19/h2-5,11,19H,6-9H2,1H3,(H2,15,16). The molecule has 102 valence electrons. The first-order valence-corrected chi connectivity index (χ1v) is 6.46. The number of oxime groups is 1. The third-order valence-electron chi connectivity index (χ3n) is 3.36. The molecule has 1 aliphatic carbocycles. The molecule has 0 radical (unpaired) electrons. The van der Waals surface area contributed by atoms with Crippen molar-refractivity contribution >= 4 is 11.7 Å². The molecule has 5 heteroatoms. The van der Waals surface area contributed by atoms with Gasteiger partial charge in [0, 0.05) is 24.6 Å². The van der Waals surface area contributed by atoms with Crippen LogP contribution in [0, 0.1) is 6.92 Å². The second-order valence-corrected chi connectivity index (χ2v) is 4.89. The van der Waals surface area contributed by atoms with Crippen LogP contribution in [0.5, 0.6) is 0 Å². The van der Waals surface area contributed by atoms with Gasteiger partial charge in [0.05, 0.1) is 0 Å². The fourth-order valence-corrected chi connectivity index (χ4v) is 2.09. The van der Waals surface area contributed by atoms with Crippen molar-refractivity contribution in [3.05, 3.63) is 35.4 Å². The van der Waals surface area contributed by atoms with Crippen LogP contribution in [0.1, 0.15) is 35.2 Å². The van der Waals surface area contributed by atoms with Gasteiger partial charge in [-0.3, -0.25) is 4.79 Å². The van der Waals surface area contributed by atoms with E-state index in [1.807, 2.05) is 36.1 Å². The highest BCUT2D eigenvalue weighted by atomic mass is 16.4. The summed E-state index contributed by atoms with van der Waals surface area (Å²) in [6.45, 7) is 2.43. The van der Waals surface area contributed by atoms with Crippen LogP contribution in [-0.4, -0.2) is 34.4 Å². The maximum Gasteiger partial charge on any atom is 0.254 e. The summed E-state index contributed by atoms with van der Waals surface area (Å²) < 4.78 is 0. The zero-order valence-electron chi connectivity index (χ0n) is 11.0. The summed E-state index contributed by atoms with van der Waals surface area (Å²) in [6, 6.07) is 7.87. The van der Waals surface area contributed by atoms with Crippen molar-refractivity contribution in [1.29, 1.82) is 0 Å². The average molecular weight is 261 g/mol. The Morgan fingerprint density at radius 1 is 1.47 bits per heavy atom. The monoisotopic (exact) mass is 261 g/mol. The molecule has 19 heavy (non-hydrogen) atoms. The maximum absolute atomic E-state index is 12.5. The average Bonchev–Trinajstić information content (AvgIpc) is 3.23. The van der Waals surface area contributed by atoms with E-state index in [-0.39, 0.29) is 11.7 Å². The van der Waals surface area contributed by atoms with Crippen molar-refractivity contribution < 1.29 is 10.0 Å². The number of nitrogens with zero attached hydrogens (tertiary/aromatic N) is 2. The molecule has 0 bridgehead atoms. The molecule has 0 atom stereocenters. The van der Waals surface area contributed by atoms with Gasteiger partial charge in [0.25, 0.3) is 5.91 Å². The van der Waals surface area contributed by atoms with E-state index in [0.29, 0.717) is 19.0 Å². The number of rotatable bonds is 5. The van der Waals surface area contributed by atoms with Crippen molar-refractivity contribution in [3.63, 3.8) is 0 Å². The van der Waals surface area contributed by atoms with Gasteiger partial charge in [-0.05, 0) is 31.4 Å². The Bertz CT molecular complexity index is 495. The van der Waals surface area contributed by atoms with Gasteiger partial charge in [-0.15, -0.1) is 0 Å². The van der Waals surface area contributed by atoms with Gasteiger partial charge in [0.15, 0.2) is 0 Å². The summed E-state index contributed by atoms with van der Waals surface area (Å²) in [5.74, 6) is 0.189. The first kappa shape index (κ1) is 13.4. The van der Waals surface area contributed by atoms with Gasteiger partial charge < -0.3 is 15.8 Å². The Morgan fingerprint density at radius 2 is 2.16 bits per heavy atom. The lowest BCUT2D eigenvalue weighted by Gasteiger charge is -2.23. The molecular formula is C14H19N3O2. The quantitative estimate of drug-likeness (QED) is 0.367. The van der Waals surface area contributed by atoms with Crippen LogP contribution < -0.4 is 5.73 Å². The summed E-state index contributed by atoms with van der Waals surface area (Å²) in [5, 5.41) is 11.5. The predicted octanol–water partition coefficient (Wildman–Crippen LogP) is 1.74. The lowest BCUT2D eigenvalue weighted by Crippen LogP contribution is -2.36. The van der Waals surface area contributed by atoms with Gasteiger partial charge in [0.2, 0.25) is 0 Å². The highest BCUT2D eigenvalue weighted by molar-refractivity contribution is 5.96. The van der Waals surface area contributed by atoms with Crippen LogP contribution in [0.4, 0.5) is 0 Å². The molecule has 0 saturated heterocycles. The van der Waals surface area contributed by atoms with Crippen LogP contribution >= 0.6 is 0 Å². The minimum Gasteiger partial charge on any atom is -0.409 e. The minimum atomic E-state index is 0.0336. The summed E-state index contributed by atoms with van der Waals surface area (Å²) in [4.78, 5) is 14.4. The number of benzene rings is 1. The lowest BCUT2D eigenvalue weighted by atomic mass is 10.1. The normalized spacial score (nSPS) is 15.3. The van der Waals surface area contributed by atoms with E-state index in [4.69, 9.17) is 10.9 Å². The van der Waals surface area contributed by atoms with Crippen LogP contribution in [-0.2, 0) is 0 Å². The minimum absolute atomic E-state index is 0.0336. The summed E-state index contributed by atoms with van der Waals surface area (Å²) in [5.41, 5.74) is 7.18. The summed E-state index contributed by atoms with van der Waals surface area (Å²) in [6.07, 6.45) is 2.46. The number of nitrogens with two attached hydrogens (primary N) is 1. The molecule has 1 amide bonds. The molecule has 2 rings (SSSR count). The molecule has 1 aromatic rings. The largest absolute Gasteiger partial charge is 0.409 e. The first-order chi connectivity index (χ1) is 9.13. The molecule has 1 aliphatic rings. The van der Waals surface area contributed by atoms with Crippen LogP contribution in [0.2, 0.25) is 0 Å². The highest BCUT2D eigenvalue weighted by Crippen LogP contribution is 2.28. The number of amidine groups is 1. The molecule has 0 aliphatic heterocycles. The third kappa shape index (κ3) is 3.24. The molecule has 1 fully saturated rings. The zero-order valence-corrected chi connectivity index (χ0v) is 11.0. The second-order valence-electron chi connectivity index (χ2n) is 4.89. The Kier molecular flexibility index (Phi) is 4.04. The SMILES string of the molecule is Cc1ccccc1C(=O)N(CC/C(N)=N/O)C1CC1. The van der Waals surface area contributed by atoms with Crippen molar-refractivity contribution in [2.75, 3.05) is 6.54 Å². The second kappa shape index (κ2) is 5.73. The topological polar surface area (TPSA) is 78.9 Å². The van der Waals surface area contributed by atoms with Crippen molar-refractivity contribution in [1.82, 2.24) is 4.90 Å². The summed E-state index contributed by atoms with van der Waals surface area (Å²) in [7, 11) is 0. The van der Waals surface area contributed by atoms with E-state index in [0.717, 1.165) is 24.0 Å². The molecule has 0 aromatic heterocycles. The molecule has 0 unspecified atom stereocenters. The highest BCUT2D eigenvalue weighted by Gasteiger charge is 2.33. The Balaban J connectivity index is 2.11. The van der Waals surface area contributed by atoms with E-state index in [2.05, 4.69) is 5.16 Å². The van der Waals surface area contributed by atoms with Crippen molar-refractivity contribution in [2.45, 2.75) is 32.2 Å². The number of hydrogen-bond acceptors (Lipinski definition) is 3. The number of carbonyl (C=O) groups is 1. The Hall–Kier alpha value is -2.04. The number of hydrogen-bond donors (Lipinski definition) is 2. The van der Waals surface area contributed by atoms with Gasteiger partial charge in [0.1, 0.15) is 5.84 Å². The zero-order chi connectivity index (χ0) is 13.8. The fraction of sp³-hybridized carbons (Fsp3) is 0.429. The first-order valence-electron chi connectivity index (χ1n) is 6.46. The summed E-state index contributed by atoms with van der Waals surface area (Å²) >= 11 is 0. The Morgan fingerprint density at radius 3 is 2.74 bits per heavy atom. The molecule has 1 saturated carbocycles. The van der Waals surface area contributed by atoms with Crippen LogP contribution in [0.25, 0.3) is 0 Å². The van der Waals surface area contributed by atoms with E-state index in [1.165, 1.54) is 0 Å². The van der Waals surface area contributed by atoms with Gasteiger partial charge >= 0.3 is 0 Å². The lowest BCUT2D eigenvalue weighted by molar-refractivity contribution is 0.0746. The number of aryl methyl sites for hydroxylation is 1. The molecule has 1 aromatic carbocycles. The van der Waals surface area contributed by atoms with Gasteiger partial charge in [-0.1, -0.05) is 23.4 Å². The van der Waals surface area contributed by atoms with Gasteiger partial charge in [-0.2, -0.15) is 0 Å². The van der Waals surface area contributed by atoms with E-state index < -0.39 is 0 Å². The smallest absolute Gasteiger partial charge is 0.254 e. The number of carbonyl (C=O) groups excluding carboxylic acids is 1. The van der Waals surface area contributed by atoms with Crippen LogP contribution in [0.15, 0.2) is 29.4 Å². The fourth-order valence-electron chi connectivity index (χ4n) is 2.09. The van der Waals surface area contributed by atoms with E-state index >= 15 is 0 Å². The van der Waals surface area contributed by atoms with E-state index in [1.54, 1.807) is 0 Å². The molecule has 0 spiro atoms. The molecular weight excluding hydrogens is 242 g/mol. The number of amides is 1. The van der Waals surface area contributed by atoms with Crippen LogP contribution in [0.3, 0.4) is 0 Å². The molecule has 0 heterocycles. The van der Waals surface area contributed by atoms with Crippen molar-refractivity contribution in [2.24, 2.45) is 10.9 Å². The molecule has 5 nitrogen and oxygen atoms in total. The van der Waals surface area contributed by atoms with E-state index in [9.17, 15) is 4.79 Å². The third-order valence-corrected chi connectivity index (χ3v) is 3.36. The predicted molar refractivity (Wildman–Crippen MR) is 73.3 cm³/mol. The molecule has 3 N–H and O–H groups in total. The van der Waals surface area contributed by atoms with Gasteiger partial charge in [-0.25, -0.2) is 0 Å². The Labute approximate surface area is 112 Å². The maximum atomic E-state index is 12.5. The van der Waals surface area contributed by atoms with Crippen molar-refractivity contribution in [3.8, 4) is 0 Å².